The summed E-state index contributed by atoms with van der Waals surface area (Å²) < 4.78 is 12.6. The van der Waals surface area contributed by atoms with E-state index in [9.17, 15) is 9.18 Å². The maximum Gasteiger partial charge on any atom is 0.129 e. The lowest BCUT2D eigenvalue weighted by Crippen LogP contribution is -2.18. The minimum Gasteiger partial charge on any atom is -0.375 e. The Kier molecular flexibility index (Phi) is 4.28. The standard InChI is InChI=1S/C12H16FNO/c1-10(15)4-3-9-14(2)12-7-5-11(13)6-8-12/h5-8H,3-4,9H2,1-2H3. The molecule has 0 atom stereocenters. The molecule has 0 unspecified atom stereocenters. The van der Waals surface area contributed by atoms with Crippen LogP contribution in [0.1, 0.15) is 19.8 Å². The highest BCUT2D eigenvalue weighted by Crippen LogP contribution is 2.13. The van der Waals surface area contributed by atoms with Crippen molar-refractivity contribution in [1.29, 1.82) is 0 Å². The van der Waals surface area contributed by atoms with Crippen LogP contribution < -0.4 is 4.90 Å². The molecular formula is C12H16FNO. The number of hydrogen-bond acceptors (Lipinski definition) is 2. The van der Waals surface area contributed by atoms with Crippen molar-refractivity contribution in [2.75, 3.05) is 18.5 Å². The van der Waals surface area contributed by atoms with Gasteiger partial charge in [-0.25, -0.2) is 4.39 Å². The first kappa shape index (κ1) is 11.7. The first-order valence-corrected chi connectivity index (χ1v) is 5.06. The fraction of sp³-hybridized carbons (Fsp3) is 0.417. The average Bonchev–Trinajstić information content (AvgIpc) is 2.18. The Hall–Kier alpha value is -1.38. The van der Waals surface area contributed by atoms with Crippen LogP contribution in [0.2, 0.25) is 0 Å². The van der Waals surface area contributed by atoms with E-state index >= 15 is 0 Å². The van der Waals surface area contributed by atoms with E-state index in [1.807, 2.05) is 11.9 Å². The highest BCUT2D eigenvalue weighted by molar-refractivity contribution is 5.75. The lowest BCUT2D eigenvalue weighted by Gasteiger charge is -2.18. The van der Waals surface area contributed by atoms with E-state index in [-0.39, 0.29) is 11.6 Å². The van der Waals surface area contributed by atoms with Crippen molar-refractivity contribution in [1.82, 2.24) is 0 Å². The van der Waals surface area contributed by atoms with E-state index < -0.39 is 0 Å². The minimum atomic E-state index is -0.226. The Morgan fingerprint density at radius 2 is 1.93 bits per heavy atom. The molecule has 0 aliphatic carbocycles. The molecule has 0 radical (unpaired) electrons. The van der Waals surface area contributed by atoms with Gasteiger partial charge in [-0.05, 0) is 37.6 Å². The SMILES string of the molecule is CC(=O)CCCN(C)c1ccc(F)cc1. The Morgan fingerprint density at radius 3 is 2.47 bits per heavy atom. The number of hydrogen-bond donors (Lipinski definition) is 0. The molecule has 0 aromatic heterocycles. The average molecular weight is 209 g/mol. The molecule has 0 saturated heterocycles. The molecule has 3 heteroatoms. The molecule has 0 amide bonds. The van der Waals surface area contributed by atoms with Crippen LogP contribution in [0.5, 0.6) is 0 Å². The maximum absolute atomic E-state index is 12.6. The van der Waals surface area contributed by atoms with Gasteiger partial charge in [0.25, 0.3) is 0 Å². The summed E-state index contributed by atoms with van der Waals surface area (Å²) in [6.45, 7) is 2.41. The highest BCUT2D eigenvalue weighted by Gasteiger charge is 2.01. The molecule has 0 saturated carbocycles. The number of carbonyl (C=O) groups excluding carboxylic acids is 1. The summed E-state index contributed by atoms with van der Waals surface area (Å²) in [5.41, 5.74) is 0.972. The molecular weight excluding hydrogens is 193 g/mol. The van der Waals surface area contributed by atoms with Gasteiger partial charge in [-0.3, -0.25) is 0 Å². The third-order valence-electron chi connectivity index (χ3n) is 2.29. The van der Waals surface area contributed by atoms with Crippen LogP contribution in [-0.2, 0) is 4.79 Å². The number of halogens is 1. The molecule has 0 spiro atoms. The molecule has 0 aliphatic heterocycles. The van der Waals surface area contributed by atoms with Crippen molar-refractivity contribution in [3.05, 3.63) is 30.1 Å². The van der Waals surface area contributed by atoms with E-state index in [1.54, 1.807) is 19.1 Å². The van der Waals surface area contributed by atoms with E-state index in [0.29, 0.717) is 6.42 Å². The van der Waals surface area contributed by atoms with Crippen LogP contribution in [0.4, 0.5) is 10.1 Å². The van der Waals surface area contributed by atoms with Crippen LogP contribution in [0, 0.1) is 5.82 Å². The van der Waals surface area contributed by atoms with Gasteiger partial charge in [-0.2, -0.15) is 0 Å². The second kappa shape index (κ2) is 5.49. The summed E-state index contributed by atoms with van der Waals surface area (Å²) in [5.74, 6) is -0.0154. The van der Waals surface area contributed by atoms with Crippen molar-refractivity contribution >= 4 is 11.5 Å². The van der Waals surface area contributed by atoms with E-state index in [1.165, 1.54) is 12.1 Å². The van der Waals surface area contributed by atoms with Gasteiger partial charge in [-0.1, -0.05) is 0 Å². The summed E-state index contributed by atoms with van der Waals surface area (Å²) in [4.78, 5) is 12.8. The summed E-state index contributed by atoms with van der Waals surface area (Å²) in [6.07, 6.45) is 1.44. The van der Waals surface area contributed by atoms with Crippen molar-refractivity contribution < 1.29 is 9.18 Å². The molecule has 0 bridgehead atoms. The number of nitrogens with zero attached hydrogens (tertiary/aromatic N) is 1. The normalized spacial score (nSPS) is 10.1. The third kappa shape index (κ3) is 4.11. The lowest BCUT2D eigenvalue weighted by atomic mass is 10.2. The first-order valence-electron chi connectivity index (χ1n) is 5.06. The van der Waals surface area contributed by atoms with E-state index in [0.717, 1.165) is 18.7 Å². The fourth-order valence-corrected chi connectivity index (χ4v) is 1.39. The Morgan fingerprint density at radius 1 is 1.33 bits per heavy atom. The van der Waals surface area contributed by atoms with Crippen molar-refractivity contribution in [2.24, 2.45) is 0 Å². The van der Waals surface area contributed by atoms with Crippen molar-refractivity contribution in [3.8, 4) is 0 Å². The Labute approximate surface area is 89.7 Å². The number of Topliss-reactive ketones (excluding diaryl/α,β-unsaturated/α-hetero) is 1. The van der Waals surface area contributed by atoms with Gasteiger partial charge in [0.1, 0.15) is 11.6 Å². The third-order valence-corrected chi connectivity index (χ3v) is 2.29. The van der Waals surface area contributed by atoms with Crippen molar-refractivity contribution in [3.63, 3.8) is 0 Å². The Bertz CT molecular complexity index is 321. The van der Waals surface area contributed by atoms with Gasteiger partial charge in [0.05, 0.1) is 0 Å². The van der Waals surface area contributed by atoms with Crippen LogP contribution in [-0.4, -0.2) is 19.4 Å². The van der Waals surface area contributed by atoms with Gasteiger partial charge in [0, 0.05) is 25.7 Å². The topological polar surface area (TPSA) is 20.3 Å². The number of benzene rings is 1. The van der Waals surface area contributed by atoms with Crippen LogP contribution in [0.15, 0.2) is 24.3 Å². The zero-order valence-electron chi connectivity index (χ0n) is 9.16. The number of ketones is 1. The van der Waals surface area contributed by atoms with Gasteiger partial charge in [0.15, 0.2) is 0 Å². The Balaban J connectivity index is 2.43. The van der Waals surface area contributed by atoms with Gasteiger partial charge < -0.3 is 9.69 Å². The molecule has 1 rings (SSSR count). The number of anilines is 1. The molecule has 1 aromatic rings. The van der Waals surface area contributed by atoms with Crippen molar-refractivity contribution in [2.45, 2.75) is 19.8 Å². The van der Waals surface area contributed by atoms with E-state index in [2.05, 4.69) is 0 Å². The first-order chi connectivity index (χ1) is 7.09. The quantitative estimate of drug-likeness (QED) is 0.743. The molecule has 15 heavy (non-hydrogen) atoms. The fourth-order valence-electron chi connectivity index (χ4n) is 1.39. The maximum atomic E-state index is 12.6. The monoisotopic (exact) mass is 209 g/mol. The van der Waals surface area contributed by atoms with Crippen LogP contribution in [0.25, 0.3) is 0 Å². The predicted octanol–water partition coefficient (Wildman–Crippen LogP) is 2.63. The van der Waals surface area contributed by atoms with Crippen LogP contribution >= 0.6 is 0 Å². The second-order valence-corrected chi connectivity index (χ2v) is 3.70. The van der Waals surface area contributed by atoms with E-state index in [4.69, 9.17) is 0 Å². The predicted molar refractivity (Wildman–Crippen MR) is 59.6 cm³/mol. The summed E-state index contributed by atoms with van der Waals surface area (Å²) in [6, 6.07) is 6.36. The largest absolute Gasteiger partial charge is 0.375 e. The molecule has 0 fully saturated rings. The smallest absolute Gasteiger partial charge is 0.129 e. The molecule has 1 aromatic carbocycles. The zero-order valence-corrected chi connectivity index (χ0v) is 9.16. The summed E-state index contributed by atoms with van der Waals surface area (Å²) >= 11 is 0. The molecule has 0 heterocycles. The lowest BCUT2D eigenvalue weighted by molar-refractivity contribution is -0.117. The van der Waals surface area contributed by atoms with Crippen LogP contribution in [0.3, 0.4) is 0 Å². The minimum absolute atomic E-state index is 0.211. The highest BCUT2D eigenvalue weighted by atomic mass is 19.1. The molecule has 82 valence electrons. The molecule has 0 N–H and O–H groups in total. The van der Waals surface area contributed by atoms with Gasteiger partial charge in [0.2, 0.25) is 0 Å². The van der Waals surface area contributed by atoms with Gasteiger partial charge in [-0.15, -0.1) is 0 Å². The number of carbonyl (C=O) groups is 1. The molecule has 0 aliphatic rings. The van der Waals surface area contributed by atoms with Gasteiger partial charge >= 0.3 is 0 Å². The number of rotatable bonds is 5. The second-order valence-electron chi connectivity index (χ2n) is 3.70. The zero-order chi connectivity index (χ0) is 11.3. The summed E-state index contributed by atoms with van der Waals surface area (Å²) in [7, 11) is 1.94. The molecule has 2 nitrogen and oxygen atoms in total. The summed E-state index contributed by atoms with van der Waals surface area (Å²) in [5, 5.41) is 0.